The van der Waals surface area contributed by atoms with Gasteiger partial charge in [-0.2, -0.15) is 18.2 Å². The molecule has 1 aromatic carbocycles. The average molecular weight is 398 g/mol. The van der Waals surface area contributed by atoms with Gasteiger partial charge in [-0.3, -0.25) is 0 Å². The summed E-state index contributed by atoms with van der Waals surface area (Å²) in [5.41, 5.74) is 4.81. The molecule has 0 aliphatic rings. The van der Waals surface area contributed by atoms with Crippen molar-refractivity contribution in [2.45, 2.75) is 47.2 Å². The Morgan fingerprint density at radius 2 is 1.64 bits per heavy atom. The molecule has 0 radical (unpaired) electrons. The van der Waals surface area contributed by atoms with Crippen molar-refractivity contribution in [2.75, 3.05) is 17.6 Å². The number of aromatic nitrogens is 2. The number of halogens is 4. The lowest BCUT2D eigenvalue weighted by molar-refractivity contribution is -0.137. The molecule has 8 heteroatoms. The van der Waals surface area contributed by atoms with Gasteiger partial charge in [0.1, 0.15) is 11.6 Å². The largest absolute Gasteiger partial charge is 0.416 e. The summed E-state index contributed by atoms with van der Waals surface area (Å²) in [6, 6.07) is 3.80. The highest BCUT2D eigenvalue weighted by molar-refractivity contribution is 5.65. The molecular weight excluding hydrogens is 372 g/mol. The highest BCUT2D eigenvalue weighted by atomic mass is 19.4. The molecule has 0 amide bonds. The highest BCUT2D eigenvalue weighted by Gasteiger charge is 2.31. The van der Waals surface area contributed by atoms with Crippen LogP contribution in [0.15, 0.2) is 24.3 Å². The first-order valence-corrected chi connectivity index (χ1v) is 8.92. The number of nitrogen functional groups attached to an aromatic ring is 1. The molecule has 0 saturated carbocycles. The van der Waals surface area contributed by atoms with Gasteiger partial charge >= 0.3 is 6.18 Å². The van der Waals surface area contributed by atoms with Crippen molar-refractivity contribution in [2.24, 2.45) is 10.8 Å². The molecule has 0 aliphatic carbocycles. The third kappa shape index (κ3) is 6.07. The molecule has 0 unspecified atom stereocenters. The van der Waals surface area contributed by atoms with Crippen molar-refractivity contribution in [1.82, 2.24) is 9.97 Å². The molecule has 2 aromatic rings. The molecule has 0 fully saturated rings. The summed E-state index contributed by atoms with van der Waals surface area (Å²) >= 11 is 0. The van der Waals surface area contributed by atoms with E-state index in [-0.39, 0.29) is 28.0 Å². The van der Waals surface area contributed by atoms with Gasteiger partial charge in [-0.25, -0.2) is 9.37 Å². The standard InChI is InChI=1S/C20H26F4N4/c1-18(2,3)10-19(4,5)11-26-16-9-15(27-17(25)28-16)13-7-6-12(8-14(13)21)20(22,23)24/h6-9H,10-11H2,1-5H3,(H3,25,26,27,28). The van der Waals surface area contributed by atoms with Gasteiger partial charge < -0.3 is 11.1 Å². The summed E-state index contributed by atoms with van der Waals surface area (Å²) in [6.07, 6.45) is -3.66. The van der Waals surface area contributed by atoms with Crippen LogP contribution < -0.4 is 11.1 Å². The quantitative estimate of drug-likeness (QED) is 0.629. The lowest BCUT2D eigenvalue weighted by Gasteiger charge is -2.32. The first-order valence-electron chi connectivity index (χ1n) is 8.92. The molecule has 3 N–H and O–H groups in total. The van der Waals surface area contributed by atoms with Gasteiger partial charge in [0.2, 0.25) is 5.95 Å². The Kier molecular flexibility index (Phi) is 5.92. The van der Waals surface area contributed by atoms with Crippen LogP contribution in [0.2, 0.25) is 0 Å². The third-order valence-electron chi connectivity index (χ3n) is 4.07. The van der Waals surface area contributed by atoms with Crippen molar-refractivity contribution in [3.05, 3.63) is 35.6 Å². The Labute approximate surface area is 162 Å². The number of hydrogen-bond acceptors (Lipinski definition) is 4. The minimum absolute atomic E-state index is 0.0439. The molecule has 0 bridgehead atoms. The maximum atomic E-state index is 14.3. The number of anilines is 2. The first-order chi connectivity index (χ1) is 12.7. The van der Waals surface area contributed by atoms with E-state index in [2.05, 4.69) is 49.9 Å². The van der Waals surface area contributed by atoms with Crippen LogP contribution in [0.5, 0.6) is 0 Å². The smallest absolute Gasteiger partial charge is 0.369 e. The van der Waals surface area contributed by atoms with E-state index in [4.69, 9.17) is 5.73 Å². The zero-order valence-electron chi connectivity index (χ0n) is 16.7. The molecular formula is C20H26F4N4. The van der Waals surface area contributed by atoms with Crippen LogP contribution in [0.1, 0.15) is 46.6 Å². The van der Waals surface area contributed by atoms with E-state index in [0.717, 1.165) is 18.6 Å². The van der Waals surface area contributed by atoms with Gasteiger partial charge in [0.25, 0.3) is 0 Å². The second-order valence-electron chi connectivity index (χ2n) is 8.94. The highest BCUT2D eigenvalue weighted by Crippen LogP contribution is 2.34. The molecule has 1 aromatic heterocycles. The Morgan fingerprint density at radius 3 is 2.18 bits per heavy atom. The normalized spacial score (nSPS) is 12.9. The Hall–Kier alpha value is -2.38. The van der Waals surface area contributed by atoms with Gasteiger partial charge in [-0.05, 0) is 35.4 Å². The van der Waals surface area contributed by atoms with Crippen molar-refractivity contribution in [3.63, 3.8) is 0 Å². The summed E-state index contributed by atoms with van der Waals surface area (Å²) < 4.78 is 52.5. The topological polar surface area (TPSA) is 63.8 Å². The third-order valence-corrected chi connectivity index (χ3v) is 4.07. The number of hydrogen-bond donors (Lipinski definition) is 2. The number of alkyl halides is 3. The van der Waals surface area contributed by atoms with Crippen LogP contribution in [-0.2, 0) is 6.18 Å². The zero-order valence-corrected chi connectivity index (χ0v) is 16.7. The fourth-order valence-corrected chi connectivity index (χ4v) is 3.42. The van der Waals surface area contributed by atoms with Gasteiger partial charge in [0, 0.05) is 18.2 Å². The molecule has 154 valence electrons. The average Bonchev–Trinajstić information content (AvgIpc) is 2.49. The summed E-state index contributed by atoms with van der Waals surface area (Å²) in [7, 11) is 0. The maximum absolute atomic E-state index is 14.3. The van der Waals surface area contributed by atoms with Crippen molar-refractivity contribution >= 4 is 11.8 Å². The SMILES string of the molecule is CC(C)(C)CC(C)(C)CNc1cc(-c2ccc(C(F)(F)F)cc2F)nc(N)n1. The first kappa shape index (κ1) is 21.9. The lowest BCUT2D eigenvalue weighted by Crippen LogP contribution is -2.28. The van der Waals surface area contributed by atoms with Crippen LogP contribution in [-0.4, -0.2) is 16.5 Å². The second kappa shape index (κ2) is 7.56. The predicted octanol–water partition coefficient (Wildman–Crippen LogP) is 5.76. The van der Waals surface area contributed by atoms with E-state index >= 15 is 0 Å². The van der Waals surface area contributed by atoms with E-state index in [9.17, 15) is 17.6 Å². The fourth-order valence-electron chi connectivity index (χ4n) is 3.42. The number of nitrogens with one attached hydrogen (secondary N) is 1. The van der Waals surface area contributed by atoms with Crippen LogP contribution >= 0.6 is 0 Å². The monoisotopic (exact) mass is 398 g/mol. The summed E-state index contributed by atoms with van der Waals surface area (Å²) in [4.78, 5) is 8.06. The molecule has 0 atom stereocenters. The zero-order chi connectivity index (χ0) is 21.3. The predicted molar refractivity (Wildman–Crippen MR) is 103 cm³/mol. The molecule has 2 rings (SSSR count). The van der Waals surface area contributed by atoms with Crippen molar-refractivity contribution < 1.29 is 17.6 Å². The van der Waals surface area contributed by atoms with Crippen LogP contribution in [0.3, 0.4) is 0 Å². The number of rotatable bonds is 5. The van der Waals surface area contributed by atoms with Crippen LogP contribution in [0.4, 0.5) is 29.3 Å². The van der Waals surface area contributed by atoms with E-state index in [0.29, 0.717) is 18.4 Å². The van der Waals surface area contributed by atoms with Gasteiger partial charge in [-0.15, -0.1) is 0 Å². The second-order valence-corrected chi connectivity index (χ2v) is 8.94. The summed E-state index contributed by atoms with van der Waals surface area (Å²) in [6.45, 7) is 11.3. The van der Waals surface area contributed by atoms with Gasteiger partial charge in [0.15, 0.2) is 0 Å². The Bertz CT molecular complexity index is 839. The minimum atomic E-state index is -4.62. The van der Waals surface area contributed by atoms with Crippen molar-refractivity contribution in [3.8, 4) is 11.3 Å². The number of nitrogens with two attached hydrogens (primary N) is 1. The van der Waals surface area contributed by atoms with E-state index in [1.54, 1.807) is 0 Å². The van der Waals surface area contributed by atoms with E-state index < -0.39 is 17.6 Å². The van der Waals surface area contributed by atoms with Crippen molar-refractivity contribution in [1.29, 1.82) is 0 Å². The fraction of sp³-hybridized carbons (Fsp3) is 0.500. The van der Waals surface area contributed by atoms with Gasteiger partial charge in [-0.1, -0.05) is 34.6 Å². The summed E-state index contributed by atoms with van der Waals surface area (Å²) in [5, 5.41) is 3.18. The lowest BCUT2D eigenvalue weighted by atomic mass is 9.76. The molecule has 0 saturated heterocycles. The molecule has 28 heavy (non-hydrogen) atoms. The van der Waals surface area contributed by atoms with Gasteiger partial charge in [0.05, 0.1) is 11.3 Å². The molecule has 0 spiro atoms. The van der Waals surface area contributed by atoms with Crippen LogP contribution in [0.25, 0.3) is 11.3 Å². The molecule has 1 heterocycles. The molecule has 4 nitrogen and oxygen atoms in total. The van der Waals surface area contributed by atoms with Crippen LogP contribution in [0, 0.1) is 16.6 Å². The molecule has 0 aliphatic heterocycles. The Balaban J connectivity index is 2.27. The number of nitrogens with zero attached hydrogens (tertiary/aromatic N) is 2. The number of benzene rings is 1. The Morgan fingerprint density at radius 1 is 1.00 bits per heavy atom. The minimum Gasteiger partial charge on any atom is -0.369 e. The summed E-state index contributed by atoms with van der Waals surface area (Å²) in [5.74, 6) is -0.719. The van der Waals surface area contributed by atoms with E-state index in [1.807, 2.05) is 0 Å². The van der Waals surface area contributed by atoms with E-state index in [1.165, 1.54) is 6.07 Å². The maximum Gasteiger partial charge on any atom is 0.416 e.